The molecule has 2 aliphatic rings. The number of anilines is 1. The smallest absolute Gasteiger partial charge is 0.159 e. The van der Waals surface area contributed by atoms with Crippen molar-refractivity contribution >= 4 is 17.4 Å². The first kappa shape index (κ1) is 15.6. The third-order valence-electron chi connectivity index (χ3n) is 5.27. The van der Waals surface area contributed by atoms with Gasteiger partial charge in [0.2, 0.25) is 0 Å². The monoisotopic (exact) mass is 332 g/mol. The molecule has 0 unspecified atom stereocenters. The summed E-state index contributed by atoms with van der Waals surface area (Å²) in [4.78, 5) is 22.7. The average molecular weight is 332 g/mol. The van der Waals surface area contributed by atoms with E-state index < -0.39 is 5.97 Å². The molecule has 4 rings (SSSR count). The van der Waals surface area contributed by atoms with Gasteiger partial charge in [0, 0.05) is 17.2 Å². The maximum absolute atomic E-state index is 11.7. The van der Waals surface area contributed by atoms with Crippen LogP contribution in [0.4, 0.5) is 5.69 Å². The lowest BCUT2D eigenvalue weighted by molar-refractivity contribution is -0.255. The largest absolute Gasteiger partial charge is 0.545 e. The van der Waals surface area contributed by atoms with E-state index in [-0.39, 0.29) is 23.3 Å². The molecule has 0 fully saturated rings. The Bertz CT molecular complexity index is 883. The number of ketones is 1. The summed E-state index contributed by atoms with van der Waals surface area (Å²) in [5.41, 5.74) is 4.18. The first-order chi connectivity index (χ1) is 12.0. The highest BCUT2D eigenvalue weighted by Gasteiger charge is 2.37. The predicted molar refractivity (Wildman–Crippen MR) is 93.6 cm³/mol. The van der Waals surface area contributed by atoms with Gasteiger partial charge in [0.1, 0.15) is 0 Å². The van der Waals surface area contributed by atoms with Crippen molar-refractivity contribution in [3.63, 3.8) is 0 Å². The van der Waals surface area contributed by atoms with Crippen molar-refractivity contribution in [1.82, 2.24) is 0 Å². The van der Waals surface area contributed by atoms with Crippen molar-refractivity contribution in [2.45, 2.75) is 25.3 Å². The van der Waals surface area contributed by atoms with Crippen LogP contribution in [0.3, 0.4) is 0 Å². The van der Waals surface area contributed by atoms with Gasteiger partial charge in [0.25, 0.3) is 0 Å². The number of allylic oxidation sites excluding steroid dienone is 2. The molecule has 4 nitrogen and oxygen atoms in total. The Morgan fingerprint density at radius 2 is 1.80 bits per heavy atom. The van der Waals surface area contributed by atoms with E-state index in [1.807, 2.05) is 30.3 Å². The molecule has 0 aromatic heterocycles. The summed E-state index contributed by atoms with van der Waals surface area (Å²) in [5, 5.41) is 14.5. The number of nitrogens with one attached hydrogen (secondary N) is 1. The molecule has 3 atom stereocenters. The zero-order valence-corrected chi connectivity index (χ0v) is 13.9. The Morgan fingerprint density at radius 3 is 2.48 bits per heavy atom. The summed E-state index contributed by atoms with van der Waals surface area (Å²) >= 11 is 0. The van der Waals surface area contributed by atoms with Crippen LogP contribution in [0, 0.1) is 5.92 Å². The number of carboxylic acid groups (broad SMARTS) is 1. The van der Waals surface area contributed by atoms with Crippen LogP contribution in [0.15, 0.2) is 54.6 Å². The minimum absolute atomic E-state index is 0.0707. The second-order valence-corrected chi connectivity index (χ2v) is 6.74. The molecule has 1 N–H and O–H groups in total. The fourth-order valence-electron chi connectivity index (χ4n) is 3.97. The van der Waals surface area contributed by atoms with Crippen LogP contribution < -0.4 is 10.4 Å². The number of carbonyl (C=O) groups excluding carboxylic acids is 2. The van der Waals surface area contributed by atoms with E-state index in [9.17, 15) is 14.7 Å². The van der Waals surface area contributed by atoms with Crippen LogP contribution in [-0.2, 0) is 0 Å². The first-order valence-electron chi connectivity index (χ1n) is 8.44. The van der Waals surface area contributed by atoms with Crippen LogP contribution in [0.1, 0.15) is 57.1 Å². The molecule has 0 amide bonds. The summed E-state index contributed by atoms with van der Waals surface area (Å²) in [5.74, 6) is -0.475. The third-order valence-corrected chi connectivity index (χ3v) is 5.27. The molecule has 0 spiro atoms. The average Bonchev–Trinajstić information content (AvgIpc) is 3.10. The summed E-state index contributed by atoms with van der Waals surface area (Å²) in [6.45, 7) is 1.58. The van der Waals surface area contributed by atoms with Gasteiger partial charge in [0.15, 0.2) is 5.78 Å². The molecule has 0 saturated carbocycles. The van der Waals surface area contributed by atoms with Crippen molar-refractivity contribution in [2.75, 3.05) is 5.32 Å². The van der Waals surface area contributed by atoms with E-state index >= 15 is 0 Å². The number of benzene rings is 2. The Morgan fingerprint density at radius 1 is 1.08 bits per heavy atom. The van der Waals surface area contributed by atoms with E-state index in [1.165, 1.54) is 0 Å². The molecule has 1 aliphatic heterocycles. The molecule has 0 radical (unpaired) electrons. The molecule has 1 aliphatic carbocycles. The number of carbonyl (C=O) groups is 2. The topological polar surface area (TPSA) is 69.2 Å². The molecule has 25 heavy (non-hydrogen) atoms. The highest BCUT2D eigenvalue weighted by Crippen LogP contribution is 2.49. The van der Waals surface area contributed by atoms with Crippen LogP contribution >= 0.6 is 0 Å². The van der Waals surface area contributed by atoms with Crippen molar-refractivity contribution in [3.05, 3.63) is 76.9 Å². The second-order valence-electron chi connectivity index (χ2n) is 6.74. The number of aromatic carboxylic acids is 1. The SMILES string of the molecule is CC(=O)c1ccc2c(c1)[C@@H]1C=CC[C@@H]1[C@H](c1ccc(C(=O)[O-])cc1)N2. The first-order valence-corrected chi connectivity index (χ1v) is 8.44. The highest BCUT2D eigenvalue weighted by molar-refractivity contribution is 5.95. The quantitative estimate of drug-likeness (QED) is 0.693. The van der Waals surface area contributed by atoms with Crippen LogP contribution in [0.2, 0.25) is 0 Å². The minimum atomic E-state index is -1.16. The highest BCUT2D eigenvalue weighted by atomic mass is 16.4. The molecule has 4 heteroatoms. The van der Waals surface area contributed by atoms with E-state index in [0.29, 0.717) is 5.92 Å². The van der Waals surface area contributed by atoms with Crippen molar-refractivity contribution in [3.8, 4) is 0 Å². The lowest BCUT2D eigenvalue weighted by Crippen LogP contribution is -2.29. The van der Waals surface area contributed by atoms with E-state index in [1.54, 1.807) is 19.1 Å². The maximum atomic E-state index is 11.7. The van der Waals surface area contributed by atoms with Gasteiger partial charge in [-0.05, 0) is 54.2 Å². The maximum Gasteiger partial charge on any atom is 0.159 e. The Balaban J connectivity index is 1.72. The number of Topliss-reactive ketones (excluding diaryl/α,β-unsaturated/α-hetero) is 1. The number of rotatable bonds is 3. The summed E-state index contributed by atoms with van der Waals surface area (Å²) in [7, 11) is 0. The zero-order chi connectivity index (χ0) is 17.6. The molecular weight excluding hydrogens is 314 g/mol. The van der Waals surface area contributed by atoms with E-state index in [2.05, 4.69) is 17.5 Å². The van der Waals surface area contributed by atoms with Gasteiger partial charge in [-0.2, -0.15) is 0 Å². The predicted octanol–water partition coefficient (Wildman–Crippen LogP) is 3.08. The molecular formula is C21H18NO3-. The number of fused-ring (bicyclic) bond motifs is 3. The summed E-state index contributed by atoms with van der Waals surface area (Å²) in [6, 6.07) is 12.8. The van der Waals surface area contributed by atoms with Gasteiger partial charge in [-0.3, -0.25) is 4.79 Å². The lowest BCUT2D eigenvalue weighted by Gasteiger charge is -2.37. The van der Waals surface area contributed by atoms with Gasteiger partial charge >= 0.3 is 0 Å². The third kappa shape index (κ3) is 2.64. The fourth-order valence-corrected chi connectivity index (χ4v) is 3.97. The van der Waals surface area contributed by atoms with Crippen LogP contribution in [0.25, 0.3) is 0 Å². The van der Waals surface area contributed by atoms with Gasteiger partial charge in [-0.1, -0.05) is 36.4 Å². The fraction of sp³-hybridized carbons (Fsp3) is 0.238. The van der Waals surface area contributed by atoms with Gasteiger partial charge in [-0.15, -0.1) is 0 Å². The van der Waals surface area contributed by atoms with Crippen molar-refractivity contribution < 1.29 is 14.7 Å². The zero-order valence-electron chi connectivity index (χ0n) is 13.9. The Kier molecular flexibility index (Phi) is 3.68. The van der Waals surface area contributed by atoms with Crippen LogP contribution in [-0.4, -0.2) is 11.8 Å². The normalized spacial score (nSPS) is 23.5. The molecule has 2 aromatic rings. The number of hydrogen-bond donors (Lipinski definition) is 1. The number of hydrogen-bond acceptors (Lipinski definition) is 4. The molecule has 0 bridgehead atoms. The second kappa shape index (κ2) is 5.88. The van der Waals surface area contributed by atoms with Gasteiger partial charge < -0.3 is 15.2 Å². The minimum Gasteiger partial charge on any atom is -0.545 e. The standard InChI is InChI=1S/C21H19NO3/c1-12(23)15-9-10-19-18(11-15)16-3-2-4-17(16)20(22-19)13-5-7-14(8-6-13)21(24)25/h2-3,5-11,16-17,20,22H,4H2,1H3,(H,24,25)/p-1/t16-,17+,20+/m1/s1. The van der Waals surface area contributed by atoms with Crippen molar-refractivity contribution in [2.24, 2.45) is 5.92 Å². The van der Waals surface area contributed by atoms with E-state index in [0.717, 1.165) is 28.8 Å². The van der Waals surface area contributed by atoms with Crippen molar-refractivity contribution in [1.29, 1.82) is 0 Å². The summed E-state index contributed by atoms with van der Waals surface area (Å²) < 4.78 is 0. The molecule has 126 valence electrons. The van der Waals surface area contributed by atoms with Crippen LogP contribution in [0.5, 0.6) is 0 Å². The van der Waals surface area contributed by atoms with Gasteiger partial charge in [-0.25, -0.2) is 0 Å². The summed E-state index contributed by atoms with van der Waals surface area (Å²) in [6.07, 6.45) is 5.36. The lowest BCUT2D eigenvalue weighted by atomic mass is 9.76. The Labute approximate surface area is 146 Å². The van der Waals surface area contributed by atoms with Gasteiger partial charge in [0.05, 0.1) is 12.0 Å². The molecule has 1 heterocycles. The molecule has 0 saturated heterocycles. The number of carboxylic acids is 1. The molecule has 2 aromatic carbocycles. The van der Waals surface area contributed by atoms with E-state index in [4.69, 9.17) is 0 Å². The Hall–Kier alpha value is -2.88.